The summed E-state index contributed by atoms with van der Waals surface area (Å²) in [6, 6.07) is 11.0. The highest BCUT2D eigenvalue weighted by Crippen LogP contribution is 2.39. The van der Waals surface area contributed by atoms with Crippen LogP contribution in [0.3, 0.4) is 0 Å². The van der Waals surface area contributed by atoms with Crippen LogP contribution in [0.2, 0.25) is 0 Å². The molecule has 0 spiro atoms. The first-order chi connectivity index (χ1) is 21.9. The molecule has 5 rings (SSSR count). The number of nitrogens with one attached hydrogen (secondary N) is 1. The molecule has 1 aliphatic heterocycles. The fraction of sp³-hybridized carbons (Fsp3) is 0.290. The lowest BCUT2D eigenvalue weighted by molar-refractivity contribution is -0.116. The molecule has 0 unspecified atom stereocenters. The number of methoxy groups -OCH3 is 3. The number of aromatic nitrogens is 1. The number of amides is 3. The van der Waals surface area contributed by atoms with Crippen LogP contribution in [-0.2, 0) is 21.2 Å². The lowest BCUT2D eigenvalue weighted by atomic mass is 10.1. The molecule has 1 aromatic heterocycles. The largest absolute Gasteiger partial charge is 0.493 e. The first kappa shape index (κ1) is 32.5. The Morgan fingerprint density at radius 3 is 2.26 bits per heavy atom. The van der Waals surface area contributed by atoms with E-state index in [0.717, 1.165) is 22.7 Å². The third kappa shape index (κ3) is 6.15. The number of imide groups is 1. The molecule has 242 valence electrons. The second kappa shape index (κ2) is 12.8. The molecule has 0 fully saturated rings. The summed E-state index contributed by atoms with van der Waals surface area (Å²) in [6.07, 6.45) is 1.01. The number of carbonyl (C=O) groups is 3. The molecule has 4 aromatic rings. The molecule has 0 radical (unpaired) electrons. The van der Waals surface area contributed by atoms with Gasteiger partial charge in [0.15, 0.2) is 23.0 Å². The van der Waals surface area contributed by atoms with Gasteiger partial charge in [-0.15, -0.1) is 0 Å². The van der Waals surface area contributed by atoms with Crippen molar-refractivity contribution in [1.29, 1.82) is 0 Å². The van der Waals surface area contributed by atoms with E-state index in [1.165, 1.54) is 49.6 Å². The molecule has 13 nitrogen and oxygen atoms in total. The normalized spacial score (nSPS) is 13.5. The molecule has 3 aromatic carbocycles. The average Bonchev–Trinajstić information content (AvgIpc) is 3.46. The van der Waals surface area contributed by atoms with Gasteiger partial charge < -0.3 is 24.3 Å². The van der Waals surface area contributed by atoms with Gasteiger partial charge in [-0.2, -0.15) is 0 Å². The maximum Gasteiger partial charge on any atom is 0.269 e. The van der Waals surface area contributed by atoms with E-state index in [1.54, 1.807) is 31.2 Å². The van der Waals surface area contributed by atoms with Crippen LogP contribution in [-0.4, -0.2) is 74.9 Å². The van der Waals surface area contributed by atoms with E-state index in [0.29, 0.717) is 45.3 Å². The predicted molar refractivity (Wildman–Crippen MR) is 171 cm³/mol. The monoisotopic (exact) mass is 669 g/mol. The number of benzene rings is 3. The fourth-order valence-corrected chi connectivity index (χ4v) is 7.21. The minimum atomic E-state index is -3.71. The van der Waals surface area contributed by atoms with Crippen molar-refractivity contribution in [1.82, 2.24) is 8.86 Å². The smallest absolute Gasteiger partial charge is 0.269 e. The quantitative estimate of drug-likeness (QED) is 0.221. The summed E-state index contributed by atoms with van der Waals surface area (Å²) >= 11 is 1.05. The van der Waals surface area contributed by atoms with Crippen molar-refractivity contribution < 1.29 is 41.7 Å². The van der Waals surface area contributed by atoms with Crippen LogP contribution >= 0.6 is 11.5 Å². The third-order valence-electron chi connectivity index (χ3n) is 7.30. The average molecular weight is 670 g/mol. The molecule has 0 aliphatic carbocycles. The zero-order valence-corrected chi connectivity index (χ0v) is 27.2. The number of ether oxygens (including phenoxy) is 4. The Hall–Kier alpha value is -4.89. The molecule has 0 saturated carbocycles. The molecule has 3 amide bonds. The predicted octanol–water partition coefficient (Wildman–Crippen LogP) is 3.51. The highest BCUT2D eigenvalue weighted by molar-refractivity contribution is 7.90. The second-order valence-corrected chi connectivity index (χ2v) is 13.6. The van der Waals surface area contributed by atoms with Crippen LogP contribution in [0.4, 0.5) is 5.69 Å². The molecular formula is C31H31N3O10S2. The summed E-state index contributed by atoms with van der Waals surface area (Å²) in [6.45, 7) is 1.69. The van der Waals surface area contributed by atoms with Crippen molar-refractivity contribution >= 4 is 54.9 Å². The van der Waals surface area contributed by atoms with Crippen LogP contribution in [0.25, 0.3) is 10.1 Å². The Balaban J connectivity index is 1.46. The minimum Gasteiger partial charge on any atom is -0.493 e. The van der Waals surface area contributed by atoms with E-state index in [9.17, 15) is 27.6 Å². The minimum absolute atomic E-state index is 0.00179. The highest BCUT2D eigenvalue weighted by Gasteiger charge is 2.43. The van der Waals surface area contributed by atoms with Gasteiger partial charge in [-0.3, -0.25) is 28.0 Å². The van der Waals surface area contributed by atoms with Crippen molar-refractivity contribution in [2.75, 3.05) is 45.3 Å². The van der Waals surface area contributed by atoms with Crippen LogP contribution in [0.1, 0.15) is 39.2 Å². The number of fused-ring (bicyclic) bond motifs is 2. The Morgan fingerprint density at radius 1 is 0.913 bits per heavy atom. The van der Waals surface area contributed by atoms with E-state index < -0.39 is 44.9 Å². The van der Waals surface area contributed by atoms with E-state index in [1.807, 2.05) is 0 Å². The Morgan fingerprint density at radius 2 is 1.61 bits per heavy atom. The van der Waals surface area contributed by atoms with Crippen molar-refractivity contribution in [3.05, 3.63) is 75.6 Å². The maximum absolute atomic E-state index is 13.9. The Bertz CT molecular complexity index is 2030. The fourth-order valence-electron chi connectivity index (χ4n) is 5.29. The van der Waals surface area contributed by atoms with Gasteiger partial charge in [0.05, 0.1) is 66.6 Å². The topological polar surface area (TPSA) is 160 Å². The summed E-state index contributed by atoms with van der Waals surface area (Å²) in [5.74, 6) is -1.17. The third-order valence-corrected chi connectivity index (χ3v) is 9.27. The first-order valence-corrected chi connectivity index (χ1v) is 16.8. The standard InChI is InChI=1S/C31H31N3O10S2/c1-6-44-25-12-17(10-11-22(25)41-2)21(16-46(5,39)40)34-30(37)18-8-7-9-20(28(18)31(34)38)32-27(35)15-33-29(36)19-13-23(42-3)24(43-4)14-26(19)45-33/h7-14,21H,6,15-16H2,1-5H3,(H,32,35)/t21-/m1/s1. The van der Waals surface area contributed by atoms with E-state index in [2.05, 4.69) is 5.32 Å². The summed E-state index contributed by atoms with van der Waals surface area (Å²) in [5, 5.41) is 2.99. The number of hydrogen-bond donors (Lipinski definition) is 1. The number of sulfone groups is 1. The van der Waals surface area contributed by atoms with E-state index in [4.69, 9.17) is 18.9 Å². The Kier molecular flexibility index (Phi) is 9.08. The SMILES string of the molecule is CCOc1cc([C@@H](CS(C)(=O)=O)N2C(=O)c3cccc(NC(=O)Cn4sc5cc(OC)c(OC)cc5c4=O)c3C2=O)ccc1OC. The number of rotatable bonds is 12. The van der Waals surface area contributed by atoms with Gasteiger partial charge in [0.25, 0.3) is 17.4 Å². The number of nitrogens with zero attached hydrogens (tertiary/aromatic N) is 2. The maximum atomic E-state index is 13.9. The molecule has 15 heteroatoms. The summed E-state index contributed by atoms with van der Waals surface area (Å²) in [7, 11) is 0.672. The molecular weight excluding hydrogens is 638 g/mol. The van der Waals surface area contributed by atoms with Gasteiger partial charge in [-0.1, -0.05) is 23.7 Å². The summed E-state index contributed by atoms with van der Waals surface area (Å²) in [4.78, 5) is 54.8. The first-order valence-electron chi connectivity index (χ1n) is 14.0. The Labute approximate surface area is 268 Å². The second-order valence-electron chi connectivity index (χ2n) is 10.3. The molecule has 2 heterocycles. The molecule has 1 aliphatic rings. The number of anilines is 1. The van der Waals surface area contributed by atoms with E-state index >= 15 is 0 Å². The van der Waals surface area contributed by atoms with Crippen molar-refractivity contribution in [2.45, 2.75) is 19.5 Å². The molecule has 1 atom stereocenters. The van der Waals surface area contributed by atoms with Crippen LogP contribution in [0.5, 0.6) is 23.0 Å². The molecule has 0 bridgehead atoms. The summed E-state index contributed by atoms with van der Waals surface area (Å²) < 4.78 is 48.5. The number of hydrogen-bond acceptors (Lipinski definition) is 11. The lowest BCUT2D eigenvalue weighted by Crippen LogP contribution is -2.37. The van der Waals surface area contributed by atoms with Crippen molar-refractivity contribution in [3.63, 3.8) is 0 Å². The van der Waals surface area contributed by atoms with Crippen LogP contribution in [0, 0.1) is 0 Å². The number of carbonyl (C=O) groups excluding carboxylic acids is 3. The van der Waals surface area contributed by atoms with Crippen LogP contribution < -0.4 is 29.8 Å². The van der Waals surface area contributed by atoms with E-state index in [-0.39, 0.29) is 23.4 Å². The van der Waals surface area contributed by atoms with Crippen molar-refractivity contribution in [3.8, 4) is 23.0 Å². The molecule has 0 saturated heterocycles. The zero-order valence-electron chi connectivity index (χ0n) is 25.6. The summed E-state index contributed by atoms with van der Waals surface area (Å²) in [5.41, 5.74) is -0.119. The van der Waals surface area contributed by atoms with Crippen LogP contribution in [0.15, 0.2) is 53.3 Å². The highest BCUT2D eigenvalue weighted by atomic mass is 32.2. The molecule has 46 heavy (non-hydrogen) atoms. The van der Waals surface area contributed by atoms with Gasteiger partial charge in [0, 0.05) is 12.3 Å². The van der Waals surface area contributed by atoms with Gasteiger partial charge in [0.1, 0.15) is 16.4 Å². The van der Waals surface area contributed by atoms with Crippen molar-refractivity contribution in [2.24, 2.45) is 0 Å². The lowest BCUT2D eigenvalue weighted by Gasteiger charge is -2.27. The van der Waals surface area contributed by atoms with Gasteiger partial charge >= 0.3 is 0 Å². The van der Waals surface area contributed by atoms with Gasteiger partial charge in [-0.25, -0.2) is 8.42 Å². The van der Waals surface area contributed by atoms with Gasteiger partial charge in [-0.05, 0) is 42.8 Å². The molecule has 1 N–H and O–H groups in total. The van der Waals surface area contributed by atoms with Gasteiger partial charge in [0.2, 0.25) is 5.91 Å². The zero-order chi connectivity index (χ0) is 33.3.